The van der Waals surface area contributed by atoms with E-state index < -0.39 is 35.1 Å². The lowest BCUT2D eigenvalue weighted by atomic mass is 9.74. The number of hydrogen-bond donors (Lipinski definition) is 1. The highest BCUT2D eigenvalue weighted by Gasteiger charge is 2.75. The molecule has 1 unspecified atom stereocenters. The van der Waals surface area contributed by atoms with Gasteiger partial charge in [-0.3, -0.25) is 14.4 Å². The first-order chi connectivity index (χ1) is 16.7. The van der Waals surface area contributed by atoms with Gasteiger partial charge in [0.25, 0.3) is 0 Å². The number of ether oxygens (including phenoxy) is 1. The molecule has 6 atom stereocenters. The highest BCUT2D eigenvalue weighted by Crippen LogP contribution is 2.58. The van der Waals surface area contributed by atoms with Crippen LogP contribution in [0.1, 0.15) is 32.4 Å². The van der Waals surface area contributed by atoms with E-state index in [-0.39, 0.29) is 30.4 Å². The van der Waals surface area contributed by atoms with Crippen molar-refractivity contribution in [2.75, 3.05) is 26.7 Å². The first-order valence-corrected chi connectivity index (χ1v) is 12.3. The van der Waals surface area contributed by atoms with E-state index in [1.165, 1.54) is 4.90 Å². The van der Waals surface area contributed by atoms with Crippen molar-refractivity contribution in [1.29, 1.82) is 0 Å². The van der Waals surface area contributed by atoms with Crippen molar-refractivity contribution >= 4 is 17.7 Å². The minimum atomic E-state index is -1.32. The van der Waals surface area contributed by atoms with Crippen LogP contribution in [0.25, 0.3) is 0 Å². The average Bonchev–Trinajstić information content (AvgIpc) is 3.10. The normalized spacial score (nSPS) is 35.2. The summed E-state index contributed by atoms with van der Waals surface area (Å²) in [7, 11) is 1.72. The molecule has 4 aliphatic rings. The zero-order chi connectivity index (χ0) is 25.1. The maximum absolute atomic E-state index is 14.4. The van der Waals surface area contributed by atoms with E-state index in [4.69, 9.17) is 4.74 Å². The molecule has 0 bridgehead atoms. The molecule has 2 saturated heterocycles. The topological polar surface area (TPSA) is 90.4 Å². The summed E-state index contributed by atoms with van der Waals surface area (Å²) in [5.74, 6) is -2.43. The predicted octanol–water partition coefficient (Wildman–Crippen LogP) is 1.53. The second-order valence-electron chi connectivity index (χ2n) is 10.5. The monoisotopic (exact) mass is 479 g/mol. The van der Waals surface area contributed by atoms with Crippen molar-refractivity contribution in [3.05, 3.63) is 60.2 Å². The van der Waals surface area contributed by atoms with Gasteiger partial charge < -0.3 is 24.5 Å². The van der Waals surface area contributed by atoms with Crippen LogP contribution in [0.15, 0.2) is 54.6 Å². The summed E-state index contributed by atoms with van der Waals surface area (Å²) < 4.78 is 6.76. The number of rotatable bonds is 4. The summed E-state index contributed by atoms with van der Waals surface area (Å²) in [5, 5.41) is 10.5. The fraction of sp³-hybridized carbons (Fsp3) is 0.519. The van der Waals surface area contributed by atoms with Gasteiger partial charge in [-0.1, -0.05) is 54.6 Å². The molecule has 1 aromatic rings. The predicted molar refractivity (Wildman–Crippen MR) is 129 cm³/mol. The Hall–Kier alpha value is -2.97. The number of fused-ring (bicyclic) bond motifs is 2. The highest BCUT2D eigenvalue weighted by molar-refractivity contribution is 6.00. The van der Waals surface area contributed by atoms with Gasteiger partial charge in [0.2, 0.25) is 17.7 Å². The van der Waals surface area contributed by atoms with Crippen LogP contribution in [0.5, 0.6) is 0 Å². The summed E-state index contributed by atoms with van der Waals surface area (Å²) in [4.78, 5) is 46.9. The third-order valence-corrected chi connectivity index (χ3v) is 8.04. The molecule has 4 aliphatic heterocycles. The smallest absolute Gasteiger partial charge is 0.249 e. The number of likely N-dealkylation sites (N-methyl/N-ethyl adjacent to an activating group) is 1. The van der Waals surface area contributed by atoms with Gasteiger partial charge in [-0.05, 0) is 26.3 Å². The van der Waals surface area contributed by atoms with Crippen LogP contribution in [-0.2, 0) is 19.1 Å². The number of benzene rings is 1. The second kappa shape index (κ2) is 8.31. The molecular formula is C27H33N3O5. The Balaban J connectivity index is 1.72. The quantitative estimate of drug-likeness (QED) is 0.662. The van der Waals surface area contributed by atoms with E-state index in [0.717, 1.165) is 5.56 Å². The molecule has 1 N–H and O–H groups in total. The maximum Gasteiger partial charge on any atom is 0.249 e. The summed E-state index contributed by atoms with van der Waals surface area (Å²) in [6.45, 7) is 6.15. The van der Waals surface area contributed by atoms with Crippen LogP contribution >= 0.6 is 0 Å². The Morgan fingerprint density at radius 2 is 1.69 bits per heavy atom. The second-order valence-corrected chi connectivity index (χ2v) is 10.5. The molecule has 8 heteroatoms. The van der Waals surface area contributed by atoms with Gasteiger partial charge in [-0.2, -0.15) is 0 Å². The molecule has 5 rings (SSSR count). The van der Waals surface area contributed by atoms with Crippen LogP contribution in [0.3, 0.4) is 0 Å². The number of likely N-dealkylation sites (tertiary alicyclic amines) is 1. The van der Waals surface area contributed by atoms with Gasteiger partial charge in [0.05, 0.1) is 30.1 Å². The number of amides is 3. The minimum Gasteiger partial charge on any atom is -0.394 e. The van der Waals surface area contributed by atoms with Gasteiger partial charge in [0.15, 0.2) is 0 Å². The molecule has 3 amide bonds. The Bertz CT molecular complexity index is 1100. The average molecular weight is 480 g/mol. The summed E-state index contributed by atoms with van der Waals surface area (Å²) >= 11 is 0. The van der Waals surface area contributed by atoms with Crippen molar-refractivity contribution in [3.8, 4) is 0 Å². The van der Waals surface area contributed by atoms with Crippen molar-refractivity contribution in [3.63, 3.8) is 0 Å². The minimum absolute atomic E-state index is 0.0993. The van der Waals surface area contributed by atoms with Gasteiger partial charge >= 0.3 is 0 Å². The van der Waals surface area contributed by atoms with Gasteiger partial charge in [0, 0.05) is 26.2 Å². The van der Waals surface area contributed by atoms with Crippen molar-refractivity contribution < 1.29 is 24.2 Å². The maximum atomic E-state index is 14.4. The summed E-state index contributed by atoms with van der Waals surface area (Å²) in [6.07, 6.45) is 7.46. The Morgan fingerprint density at radius 3 is 2.34 bits per heavy atom. The molecule has 2 fully saturated rings. The SMILES string of the molecule is CC(C)N1CC=C[C@]23O[C@]4(C)C=CCN(C)C(=O)[C@@H]4[C@H]2C(=O)N([C@H](CO)c2ccccc2)C3C1=O. The number of hydrogen-bond acceptors (Lipinski definition) is 5. The standard InChI is InChI=1S/C27H33N3O5/c1-17(2)29-15-9-13-27-21(20-23(32)28(4)14-8-12-26(20,3)35-27)24(33)30(22(27)25(29)34)19(16-31)18-10-6-5-7-11-18/h5-13,17,19-22,31H,14-16H2,1-4H3/t19-,20+,21+,22?,26-,27+/m1/s1. The van der Waals surface area contributed by atoms with Crippen molar-refractivity contribution in [1.82, 2.24) is 14.7 Å². The van der Waals surface area contributed by atoms with Gasteiger partial charge in [-0.25, -0.2) is 0 Å². The van der Waals surface area contributed by atoms with Crippen LogP contribution in [0, 0.1) is 11.8 Å². The van der Waals surface area contributed by atoms with Crippen LogP contribution in [0.2, 0.25) is 0 Å². The summed E-state index contributed by atoms with van der Waals surface area (Å²) in [5.41, 5.74) is -1.63. The van der Waals surface area contributed by atoms with Crippen LogP contribution < -0.4 is 0 Å². The molecular weight excluding hydrogens is 446 g/mol. The van der Waals surface area contributed by atoms with E-state index in [1.807, 2.05) is 75.4 Å². The van der Waals surface area contributed by atoms with E-state index in [2.05, 4.69) is 0 Å². The Labute approximate surface area is 205 Å². The fourth-order valence-electron chi connectivity index (χ4n) is 6.43. The van der Waals surface area contributed by atoms with E-state index in [1.54, 1.807) is 16.8 Å². The Kier molecular flexibility index (Phi) is 5.64. The molecule has 186 valence electrons. The molecule has 35 heavy (non-hydrogen) atoms. The zero-order valence-corrected chi connectivity index (χ0v) is 20.6. The Morgan fingerprint density at radius 1 is 1.00 bits per heavy atom. The molecule has 1 spiro atoms. The summed E-state index contributed by atoms with van der Waals surface area (Å²) in [6, 6.07) is 7.37. The number of carbonyl (C=O) groups excluding carboxylic acids is 3. The molecule has 0 saturated carbocycles. The largest absolute Gasteiger partial charge is 0.394 e. The molecule has 0 radical (unpaired) electrons. The van der Waals surface area contributed by atoms with Crippen molar-refractivity contribution in [2.24, 2.45) is 11.8 Å². The molecule has 0 aromatic heterocycles. The van der Waals surface area contributed by atoms with Crippen molar-refractivity contribution in [2.45, 2.75) is 50.1 Å². The van der Waals surface area contributed by atoms with E-state index >= 15 is 0 Å². The molecule has 0 aliphatic carbocycles. The lowest BCUT2D eigenvalue weighted by Gasteiger charge is -2.40. The number of aliphatic hydroxyl groups is 1. The number of nitrogens with zero attached hydrogens (tertiary/aromatic N) is 3. The third-order valence-electron chi connectivity index (χ3n) is 8.04. The van der Waals surface area contributed by atoms with Gasteiger partial charge in [0.1, 0.15) is 11.6 Å². The first kappa shape index (κ1) is 23.8. The van der Waals surface area contributed by atoms with E-state index in [9.17, 15) is 19.5 Å². The van der Waals surface area contributed by atoms with Crippen LogP contribution in [-0.4, -0.2) is 87.6 Å². The van der Waals surface area contributed by atoms with Crippen LogP contribution in [0.4, 0.5) is 0 Å². The fourth-order valence-corrected chi connectivity index (χ4v) is 6.43. The van der Waals surface area contributed by atoms with E-state index in [0.29, 0.717) is 13.1 Å². The molecule has 4 heterocycles. The number of aliphatic hydroxyl groups excluding tert-OH is 1. The highest BCUT2D eigenvalue weighted by atomic mass is 16.5. The lowest BCUT2D eigenvalue weighted by molar-refractivity contribution is -0.156. The molecule has 1 aromatic carbocycles. The zero-order valence-electron chi connectivity index (χ0n) is 20.6. The van der Waals surface area contributed by atoms with Gasteiger partial charge in [-0.15, -0.1) is 0 Å². The lowest BCUT2D eigenvalue weighted by Crippen LogP contribution is -2.57. The first-order valence-electron chi connectivity index (χ1n) is 12.3. The molecule has 8 nitrogen and oxygen atoms in total. The number of carbonyl (C=O) groups is 3. The third kappa shape index (κ3) is 3.30.